The molecule has 0 heterocycles. The van der Waals surface area contributed by atoms with Crippen molar-refractivity contribution in [1.82, 2.24) is 0 Å². The molecule has 0 amide bonds. The van der Waals surface area contributed by atoms with Gasteiger partial charge < -0.3 is 4.74 Å². The van der Waals surface area contributed by atoms with Crippen molar-refractivity contribution in [3.05, 3.63) is 26.6 Å². The van der Waals surface area contributed by atoms with Crippen molar-refractivity contribution in [2.75, 3.05) is 6.61 Å². The molecule has 0 bridgehead atoms. The summed E-state index contributed by atoms with van der Waals surface area (Å²) in [5, 5.41) is 0. The first-order valence-corrected chi connectivity index (χ1v) is 8.99. The van der Waals surface area contributed by atoms with E-state index in [0.717, 1.165) is 39.2 Å². The molecular formula is C15H19Br2ClO. The van der Waals surface area contributed by atoms with Crippen LogP contribution in [0.25, 0.3) is 0 Å². The summed E-state index contributed by atoms with van der Waals surface area (Å²) < 4.78 is 7.88. The van der Waals surface area contributed by atoms with Crippen LogP contribution in [0, 0.1) is 5.92 Å². The van der Waals surface area contributed by atoms with Gasteiger partial charge in [-0.15, -0.1) is 11.6 Å². The minimum atomic E-state index is 0.513. The van der Waals surface area contributed by atoms with Gasteiger partial charge in [-0.2, -0.15) is 0 Å². The van der Waals surface area contributed by atoms with Crippen LogP contribution in [0.5, 0.6) is 5.75 Å². The Morgan fingerprint density at radius 3 is 2.32 bits per heavy atom. The van der Waals surface area contributed by atoms with Gasteiger partial charge in [-0.3, -0.25) is 0 Å². The second-order valence-electron chi connectivity index (χ2n) is 5.16. The molecule has 106 valence electrons. The minimum Gasteiger partial charge on any atom is -0.491 e. The standard InChI is InChI=1S/C15H19Br2ClO/c16-13-8-12(10-18)9-14(17)15(13)19-7-6-11-4-2-1-3-5-11/h8-9,11H,1-7,10H2. The molecular weight excluding hydrogens is 391 g/mol. The molecule has 0 radical (unpaired) electrons. The lowest BCUT2D eigenvalue weighted by atomic mass is 9.87. The highest BCUT2D eigenvalue weighted by molar-refractivity contribution is 9.11. The normalized spacial score (nSPS) is 16.6. The van der Waals surface area contributed by atoms with Gasteiger partial charge in [0.2, 0.25) is 0 Å². The van der Waals surface area contributed by atoms with Crippen LogP contribution in [-0.4, -0.2) is 6.61 Å². The maximum absolute atomic E-state index is 5.93. The quantitative estimate of drug-likeness (QED) is 0.518. The molecule has 0 spiro atoms. The molecule has 1 aromatic rings. The van der Waals surface area contributed by atoms with E-state index in [1.165, 1.54) is 32.1 Å². The van der Waals surface area contributed by atoms with E-state index in [0.29, 0.717) is 5.88 Å². The fourth-order valence-electron chi connectivity index (χ4n) is 2.63. The van der Waals surface area contributed by atoms with Crippen LogP contribution in [0.4, 0.5) is 0 Å². The second kappa shape index (κ2) is 7.90. The van der Waals surface area contributed by atoms with Gasteiger partial charge in [0.25, 0.3) is 0 Å². The zero-order chi connectivity index (χ0) is 13.7. The van der Waals surface area contributed by atoms with Crippen LogP contribution in [0.15, 0.2) is 21.1 Å². The highest BCUT2D eigenvalue weighted by atomic mass is 79.9. The molecule has 1 saturated carbocycles. The fourth-order valence-corrected chi connectivity index (χ4v) is 4.30. The maximum Gasteiger partial charge on any atom is 0.147 e. The third-order valence-electron chi connectivity index (χ3n) is 3.71. The van der Waals surface area contributed by atoms with Crippen molar-refractivity contribution in [2.45, 2.75) is 44.4 Å². The van der Waals surface area contributed by atoms with E-state index >= 15 is 0 Å². The first-order chi connectivity index (χ1) is 9.20. The summed E-state index contributed by atoms with van der Waals surface area (Å²) in [5.74, 6) is 2.26. The maximum atomic E-state index is 5.93. The van der Waals surface area contributed by atoms with E-state index in [4.69, 9.17) is 16.3 Å². The Morgan fingerprint density at radius 2 is 1.74 bits per heavy atom. The van der Waals surface area contributed by atoms with Crippen LogP contribution < -0.4 is 4.74 Å². The Balaban J connectivity index is 1.88. The molecule has 1 nitrogen and oxygen atoms in total. The summed E-state index contributed by atoms with van der Waals surface area (Å²) >= 11 is 12.9. The average Bonchev–Trinajstić information content (AvgIpc) is 2.42. The van der Waals surface area contributed by atoms with Gasteiger partial charge in [0.15, 0.2) is 0 Å². The van der Waals surface area contributed by atoms with E-state index in [1.54, 1.807) is 0 Å². The van der Waals surface area contributed by atoms with Crippen LogP contribution in [-0.2, 0) is 5.88 Å². The number of alkyl halides is 1. The molecule has 0 unspecified atom stereocenters. The van der Waals surface area contributed by atoms with Crippen molar-refractivity contribution in [3.63, 3.8) is 0 Å². The lowest BCUT2D eigenvalue weighted by Crippen LogP contribution is -2.11. The van der Waals surface area contributed by atoms with E-state index < -0.39 is 0 Å². The van der Waals surface area contributed by atoms with Crippen molar-refractivity contribution >= 4 is 43.5 Å². The summed E-state index contributed by atoms with van der Waals surface area (Å²) in [4.78, 5) is 0. The lowest BCUT2D eigenvalue weighted by Gasteiger charge is -2.21. The first-order valence-electron chi connectivity index (χ1n) is 6.87. The Hall–Kier alpha value is 0.270. The zero-order valence-corrected chi connectivity index (χ0v) is 14.9. The van der Waals surface area contributed by atoms with E-state index in [-0.39, 0.29) is 0 Å². The summed E-state index contributed by atoms with van der Waals surface area (Å²) in [6, 6.07) is 4.04. The van der Waals surface area contributed by atoms with Crippen LogP contribution in [0.2, 0.25) is 0 Å². The van der Waals surface area contributed by atoms with E-state index in [9.17, 15) is 0 Å². The Morgan fingerprint density at radius 1 is 1.11 bits per heavy atom. The van der Waals surface area contributed by atoms with Crippen molar-refractivity contribution < 1.29 is 4.74 Å². The fraction of sp³-hybridized carbons (Fsp3) is 0.600. The molecule has 0 N–H and O–H groups in total. The number of hydrogen-bond acceptors (Lipinski definition) is 1. The van der Waals surface area contributed by atoms with Crippen molar-refractivity contribution in [2.24, 2.45) is 5.92 Å². The van der Waals surface area contributed by atoms with Crippen LogP contribution in [0.3, 0.4) is 0 Å². The molecule has 1 aliphatic carbocycles. The van der Waals surface area contributed by atoms with Gasteiger partial charge >= 0.3 is 0 Å². The molecule has 0 aromatic heterocycles. The number of ether oxygens (including phenoxy) is 1. The highest BCUT2D eigenvalue weighted by Gasteiger charge is 2.14. The largest absolute Gasteiger partial charge is 0.491 e. The zero-order valence-electron chi connectivity index (χ0n) is 10.9. The summed E-state index contributed by atoms with van der Waals surface area (Å²) in [5.41, 5.74) is 1.08. The van der Waals surface area contributed by atoms with E-state index in [1.807, 2.05) is 12.1 Å². The molecule has 1 aliphatic rings. The third-order valence-corrected chi connectivity index (χ3v) is 5.20. The molecule has 0 saturated heterocycles. The summed E-state index contributed by atoms with van der Waals surface area (Å²) in [6.45, 7) is 0.794. The van der Waals surface area contributed by atoms with Crippen LogP contribution >= 0.6 is 43.5 Å². The molecule has 1 aromatic carbocycles. The predicted octanol–water partition coefficient (Wildman–Crippen LogP) is 6.30. The monoisotopic (exact) mass is 408 g/mol. The smallest absolute Gasteiger partial charge is 0.147 e. The Kier molecular flexibility index (Phi) is 6.51. The van der Waals surface area contributed by atoms with Crippen molar-refractivity contribution in [1.29, 1.82) is 0 Å². The van der Waals surface area contributed by atoms with Gasteiger partial charge in [-0.1, -0.05) is 32.1 Å². The predicted molar refractivity (Wildman–Crippen MR) is 88.1 cm³/mol. The lowest BCUT2D eigenvalue weighted by molar-refractivity contribution is 0.244. The number of hydrogen-bond donors (Lipinski definition) is 0. The molecule has 1 fully saturated rings. The van der Waals surface area contributed by atoms with Gasteiger partial charge in [0.1, 0.15) is 5.75 Å². The minimum absolute atomic E-state index is 0.513. The SMILES string of the molecule is ClCc1cc(Br)c(OCCC2CCCCC2)c(Br)c1. The number of halogens is 3. The average molecular weight is 411 g/mol. The molecule has 0 atom stereocenters. The van der Waals surface area contributed by atoms with Gasteiger partial charge in [0, 0.05) is 5.88 Å². The molecule has 19 heavy (non-hydrogen) atoms. The van der Waals surface area contributed by atoms with Gasteiger partial charge in [0.05, 0.1) is 15.6 Å². The first kappa shape index (κ1) is 15.7. The summed E-state index contributed by atoms with van der Waals surface area (Å²) in [6.07, 6.45) is 8.10. The Bertz CT molecular complexity index is 394. The number of rotatable bonds is 5. The third kappa shape index (κ3) is 4.64. The summed E-state index contributed by atoms with van der Waals surface area (Å²) in [7, 11) is 0. The van der Waals surface area contributed by atoms with Crippen molar-refractivity contribution in [3.8, 4) is 5.75 Å². The molecule has 0 aliphatic heterocycles. The van der Waals surface area contributed by atoms with Gasteiger partial charge in [-0.25, -0.2) is 0 Å². The molecule has 2 rings (SSSR count). The topological polar surface area (TPSA) is 9.23 Å². The molecule has 4 heteroatoms. The highest BCUT2D eigenvalue weighted by Crippen LogP contribution is 2.36. The van der Waals surface area contributed by atoms with Gasteiger partial charge in [-0.05, 0) is 61.9 Å². The Labute approximate surface area is 137 Å². The van der Waals surface area contributed by atoms with E-state index in [2.05, 4.69) is 31.9 Å². The second-order valence-corrected chi connectivity index (χ2v) is 7.14. The number of benzene rings is 1. The van der Waals surface area contributed by atoms with Crippen LogP contribution in [0.1, 0.15) is 44.1 Å².